The maximum atomic E-state index is 13.0. The third-order valence-corrected chi connectivity index (χ3v) is 7.41. The van der Waals surface area contributed by atoms with Gasteiger partial charge in [-0.05, 0) is 43.5 Å². The van der Waals surface area contributed by atoms with E-state index in [0.717, 1.165) is 19.3 Å². The van der Waals surface area contributed by atoms with Gasteiger partial charge in [0.1, 0.15) is 0 Å². The largest absolute Gasteiger partial charge is 0.417 e. The fourth-order valence-corrected chi connectivity index (χ4v) is 5.38. The average Bonchev–Trinajstić information content (AvgIpc) is 3.10. The van der Waals surface area contributed by atoms with Crippen LogP contribution in [-0.4, -0.2) is 35.4 Å². The highest BCUT2D eigenvalue weighted by atomic mass is 35.5. The summed E-state index contributed by atoms with van der Waals surface area (Å²) in [5.41, 5.74) is 0.936. The minimum absolute atomic E-state index is 0.0605. The standard InChI is InChI=1S/C19H20ClN3O5S/c1-12-10-22(18(24)16-17(12)28-19(25)21-16)11-13-9-14(5-6-15(13)20)29(26,27)23-7-3-2-4-8-23/h5-6,9-10H,2-4,7-8,11H2,1H3,(H,21,25). The van der Waals surface area contributed by atoms with E-state index in [-0.39, 0.29) is 22.5 Å². The van der Waals surface area contributed by atoms with Gasteiger partial charge in [0.05, 0.1) is 11.4 Å². The SMILES string of the molecule is Cc1cn(Cc2cc(S(=O)(=O)N3CCCCC3)ccc2Cl)c(=O)c2[nH]c(=O)oc12. The number of aromatic amines is 1. The lowest BCUT2D eigenvalue weighted by atomic mass is 10.2. The molecule has 0 spiro atoms. The lowest BCUT2D eigenvalue weighted by Crippen LogP contribution is -2.35. The maximum absolute atomic E-state index is 13.0. The molecule has 1 aliphatic heterocycles. The highest BCUT2D eigenvalue weighted by molar-refractivity contribution is 7.89. The van der Waals surface area contributed by atoms with Crippen LogP contribution in [-0.2, 0) is 16.6 Å². The van der Waals surface area contributed by atoms with E-state index in [4.69, 9.17) is 16.0 Å². The van der Waals surface area contributed by atoms with Gasteiger partial charge in [0.25, 0.3) is 5.56 Å². The summed E-state index contributed by atoms with van der Waals surface area (Å²) in [5.74, 6) is -0.703. The third kappa shape index (κ3) is 3.65. The molecule has 4 rings (SSSR count). The summed E-state index contributed by atoms with van der Waals surface area (Å²) in [7, 11) is -3.62. The number of H-pyrrole nitrogens is 1. The molecule has 1 fully saturated rings. The summed E-state index contributed by atoms with van der Waals surface area (Å²) >= 11 is 6.30. The van der Waals surface area contributed by atoms with Crippen molar-refractivity contribution in [1.29, 1.82) is 0 Å². The van der Waals surface area contributed by atoms with Gasteiger partial charge in [0.2, 0.25) is 10.0 Å². The third-order valence-electron chi connectivity index (χ3n) is 5.14. The Balaban J connectivity index is 1.74. The van der Waals surface area contributed by atoms with Crippen molar-refractivity contribution < 1.29 is 12.8 Å². The van der Waals surface area contributed by atoms with E-state index in [1.807, 2.05) is 0 Å². The summed E-state index contributed by atoms with van der Waals surface area (Å²) in [4.78, 5) is 26.7. The molecule has 1 N–H and O–H groups in total. The Morgan fingerprint density at radius 1 is 1.17 bits per heavy atom. The van der Waals surface area contributed by atoms with Crippen molar-refractivity contribution in [2.45, 2.75) is 37.6 Å². The number of rotatable bonds is 4. The number of pyridine rings is 1. The first-order valence-electron chi connectivity index (χ1n) is 9.29. The van der Waals surface area contributed by atoms with Gasteiger partial charge in [0, 0.05) is 29.9 Å². The molecule has 29 heavy (non-hydrogen) atoms. The zero-order valence-electron chi connectivity index (χ0n) is 15.8. The van der Waals surface area contributed by atoms with Crippen LogP contribution >= 0.6 is 11.6 Å². The fraction of sp³-hybridized carbons (Fsp3) is 0.368. The van der Waals surface area contributed by atoms with Crippen LogP contribution in [0.5, 0.6) is 0 Å². The molecule has 0 unspecified atom stereocenters. The molecule has 3 heterocycles. The monoisotopic (exact) mass is 437 g/mol. The van der Waals surface area contributed by atoms with Gasteiger partial charge < -0.3 is 8.98 Å². The van der Waals surface area contributed by atoms with Crippen LogP contribution in [0, 0.1) is 6.92 Å². The Morgan fingerprint density at radius 2 is 1.90 bits per heavy atom. The molecule has 0 radical (unpaired) electrons. The van der Waals surface area contributed by atoms with E-state index >= 15 is 0 Å². The van der Waals surface area contributed by atoms with Crippen molar-refractivity contribution in [1.82, 2.24) is 13.9 Å². The number of aromatic nitrogens is 2. The summed E-state index contributed by atoms with van der Waals surface area (Å²) in [6.45, 7) is 2.78. The fourth-order valence-electron chi connectivity index (χ4n) is 3.64. The smallest absolute Gasteiger partial charge is 0.407 e. The second kappa shape index (κ2) is 7.47. The minimum atomic E-state index is -3.62. The molecule has 2 aromatic heterocycles. The topological polar surface area (TPSA) is 105 Å². The van der Waals surface area contributed by atoms with Crippen LogP contribution in [0.25, 0.3) is 11.1 Å². The highest BCUT2D eigenvalue weighted by Gasteiger charge is 2.26. The first-order chi connectivity index (χ1) is 13.8. The van der Waals surface area contributed by atoms with E-state index < -0.39 is 21.3 Å². The van der Waals surface area contributed by atoms with Gasteiger partial charge in [-0.2, -0.15) is 4.31 Å². The Morgan fingerprint density at radius 3 is 2.62 bits per heavy atom. The van der Waals surface area contributed by atoms with Crippen molar-refractivity contribution in [2.75, 3.05) is 13.1 Å². The number of benzene rings is 1. The molecule has 0 aliphatic carbocycles. The van der Waals surface area contributed by atoms with E-state index in [2.05, 4.69) is 4.98 Å². The molecule has 8 nitrogen and oxygen atoms in total. The maximum Gasteiger partial charge on any atom is 0.417 e. The predicted octanol–water partition coefficient (Wildman–Crippen LogP) is 2.47. The van der Waals surface area contributed by atoms with Crippen LogP contribution in [0.3, 0.4) is 0 Å². The molecule has 10 heteroatoms. The Kier molecular flexibility index (Phi) is 5.14. The summed E-state index contributed by atoms with van der Waals surface area (Å²) in [6.07, 6.45) is 4.27. The molecule has 0 atom stereocenters. The van der Waals surface area contributed by atoms with Crippen molar-refractivity contribution in [3.8, 4) is 0 Å². The average molecular weight is 438 g/mol. The van der Waals surface area contributed by atoms with Crippen molar-refractivity contribution in [3.05, 3.63) is 61.4 Å². The molecular formula is C19H20ClN3O5S. The molecule has 1 aromatic carbocycles. The molecule has 3 aromatic rings. The Labute approximate surface area is 171 Å². The highest BCUT2D eigenvalue weighted by Crippen LogP contribution is 2.25. The van der Waals surface area contributed by atoms with E-state index in [0.29, 0.717) is 29.2 Å². The number of fused-ring (bicyclic) bond motifs is 1. The number of hydrogen-bond acceptors (Lipinski definition) is 5. The van der Waals surface area contributed by atoms with E-state index in [1.165, 1.54) is 27.1 Å². The molecular weight excluding hydrogens is 418 g/mol. The number of oxazole rings is 1. The molecule has 1 aliphatic rings. The zero-order valence-corrected chi connectivity index (χ0v) is 17.3. The predicted molar refractivity (Wildman–Crippen MR) is 109 cm³/mol. The van der Waals surface area contributed by atoms with Gasteiger partial charge in [-0.15, -0.1) is 0 Å². The molecule has 0 saturated carbocycles. The van der Waals surface area contributed by atoms with E-state index in [1.54, 1.807) is 13.1 Å². The number of sulfonamides is 1. The lowest BCUT2D eigenvalue weighted by Gasteiger charge is -2.26. The first-order valence-corrected chi connectivity index (χ1v) is 11.1. The van der Waals surface area contributed by atoms with Crippen molar-refractivity contribution in [3.63, 3.8) is 0 Å². The molecule has 0 amide bonds. The molecule has 0 bridgehead atoms. The molecule has 154 valence electrons. The number of piperidine rings is 1. The van der Waals surface area contributed by atoms with Crippen LogP contribution in [0.1, 0.15) is 30.4 Å². The van der Waals surface area contributed by atoms with Crippen LogP contribution in [0.2, 0.25) is 5.02 Å². The quantitative estimate of drug-likeness (QED) is 0.675. The number of aryl methyl sites for hydroxylation is 1. The van der Waals surface area contributed by atoms with Crippen molar-refractivity contribution in [2.24, 2.45) is 0 Å². The first kappa shape index (κ1) is 19.9. The normalized spacial score (nSPS) is 15.8. The van der Waals surface area contributed by atoms with Gasteiger partial charge in [-0.3, -0.25) is 9.78 Å². The summed E-state index contributed by atoms with van der Waals surface area (Å²) in [5, 5.41) is 0.355. The number of halogens is 1. The second-order valence-corrected chi connectivity index (χ2v) is 9.53. The minimum Gasteiger partial charge on any atom is -0.407 e. The number of nitrogens with zero attached hydrogens (tertiary/aromatic N) is 2. The van der Waals surface area contributed by atoms with Gasteiger partial charge in [0.15, 0.2) is 11.1 Å². The van der Waals surface area contributed by atoms with Crippen LogP contribution in [0.4, 0.5) is 0 Å². The van der Waals surface area contributed by atoms with Gasteiger partial charge in [-0.1, -0.05) is 18.0 Å². The summed E-state index contributed by atoms with van der Waals surface area (Å²) in [6, 6.07) is 4.53. The van der Waals surface area contributed by atoms with Crippen molar-refractivity contribution >= 4 is 32.7 Å². The number of nitrogens with one attached hydrogen (secondary N) is 1. The molecule has 1 saturated heterocycles. The zero-order chi connectivity index (χ0) is 20.8. The van der Waals surface area contributed by atoms with Gasteiger partial charge in [-0.25, -0.2) is 13.2 Å². The number of hydrogen-bond donors (Lipinski definition) is 1. The van der Waals surface area contributed by atoms with Gasteiger partial charge >= 0.3 is 5.76 Å². The lowest BCUT2D eigenvalue weighted by molar-refractivity contribution is 0.346. The summed E-state index contributed by atoms with van der Waals surface area (Å²) < 4.78 is 33.8. The Bertz CT molecular complexity index is 1300. The van der Waals surface area contributed by atoms with Crippen LogP contribution in [0.15, 0.2) is 43.3 Å². The Hall–Kier alpha value is -2.36. The van der Waals surface area contributed by atoms with Crippen LogP contribution < -0.4 is 11.3 Å². The second-order valence-electron chi connectivity index (χ2n) is 7.18. The van der Waals surface area contributed by atoms with E-state index in [9.17, 15) is 18.0 Å².